The van der Waals surface area contributed by atoms with Crippen molar-refractivity contribution in [2.75, 3.05) is 26.2 Å². The Labute approximate surface area is 137 Å². The van der Waals surface area contributed by atoms with Crippen molar-refractivity contribution in [1.29, 1.82) is 0 Å². The van der Waals surface area contributed by atoms with E-state index in [2.05, 4.69) is 20.8 Å². The molecule has 1 aliphatic rings. The summed E-state index contributed by atoms with van der Waals surface area (Å²) in [5, 5.41) is 0. The Hall–Kier alpha value is -0.630. The van der Waals surface area contributed by atoms with Crippen molar-refractivity contribution in [3.8, 4) is 0 Å². The molecule has 0 aliphatic carbocycles. The van der Waals surface area contributed by atoms with Crippen LogP contribution < -0.4 is 5.73 Å². The molecule has 1 fully saturated rings. The second kappa shape index (κ2) is 7.09. The highest BCUT2D eigenvalue weighted by atomic mass is 79.9. The molecule has 21 heavy (non-hydrogen) atoms. The number of hydrogen-bond acceptors (Lipinski definition) is 3. The first-order chi connectivity index (χ1) is 9.90. The van der Waals surface area contributed by atoms with E-state index >= 15 is 0 Å². The standard InChI is InChI=1S/C14H18BrF2N3S/c1-9(14(18)21)20-6-4-19(5-7-20)8-10-12(16)3-2-11(15)13(10)17/h2-3,9H,4-8H2,1H3,(H2,18,21). The van der Waals surface area contributed by atoms with E-state index in [1.54, 1.807) is 0 Å². The monoisotopic (exact) mass is 377 g/mol. The molecule has 0 amide bonds. The smallest absolute Gasteiger partial charge is 0.144 e. The fourth-order valence-electron chi connectivity index (χ4n) is 2.43. The lowest BCUT2D eigenvalue weighted by atomic mass is 10.1. The SMILES string of the molecule is CC(C(N)=S)N1CCN(Cc2c(F)ccc(Br)c2F)CC1. The third-order valence-corrected chi connectivity index (χ3v) is 4.84. The molecule has 7 heteroatoms. The number of hydrogen-bond donors (Lipinski definition) is 1. The number of benzene rings is 1. The van der Waals surface area contributed by atoms with Crippen LogP contribution in [0.3, 0.4) is 0 Å². The summed E-state index contributed by atoms with van der Waals surface area (Å²) in [5.41, 5.74) is 5.76. The zero-order valence-electron chi connectivity index (χ0n) is 11.8. The van der Waals surface area contributed by atoms with Crippen molar-refractivity contribution >= 4 is 33.1 Å². The predicted molar refractivity (Wildman–Crippen MR) is 87.2 cm³/mol. The van der Waals surface area contributed by atoms with Crippen LogP contribution in [0, 0.1) is 11.6 Å². The van der Waals surface area contributed by atoms with Crippen molar-refractivity contribution in [2.45, 2.75) is 19.5 Å². The third kappa shape index (κ3) is 3.97. The molecule has 0 radical (unpaired) electrons. The van der Waals surface area contributed by atoms with Crippen LogP contribution in [0.1, 0.15) is 12.5 Å². The first-order valence-corrected chi connectivity index (χ1v) is 7.98. The van der Waals surface area contributed by atoms with Crippen molar-refractivity contribution < 1.29 is 8.78 Å². The molecule has 0 spiro atoms. The fraction of sp³-hybridized carbons (Fsp3) is 0.500. The first-order valence-electron chi connectivity index (χ1n) is 6.78. The molecule has 1 aromatic carbocycles. The molecule has 2 N–H and O–H groups in total. The minimum Gasteiger partial charge on any atom is -0.392 e. The summed E-state index contributed by atoms with van der Waals surface area (Å²) in [6.07, 6.45) is 0. The van der Waals surface area contributed by atoms with Crippen LogP contribution in [0.2, 0.25) is 0 Å². The maximum Gasteiger partial charge on any atom is 0.144 e. The highest BCUT2D eigenvalue weighted by molar-refractivity contribution is 9.10. The lowest BCUT2D eigenvalue weighted by Gasteiger charge is -2.37. The van der Waals surface area contributed by atoms with Crippen LogP contribution in [0.25, 0.3) is 0 Å². The van der Waals surface area contributed by atoms with Crippen molar-refractivity contribution in [3.63, 3.8) is 0 Å². The lowest BCUT2D eigenvalue weighted by Crippen LogP contribution is -2.52. The molecule has 0 bridgehead atoms. The molecule has 1 unspecified atom stereocenters. The molecule has 2 rings (SSSR count). The van der Waals surface area contributed by atoms with E-state index in [1.807, 2.05) is 11.8 Å². The van der Waals surface area contributed by atoms with Crippen molar-refractivity contribution in [2.24, 2.45) is 5.73 Å². The van der Waals surface area contributed by atoms with Crippen LogP contribution in [0.4, 0.5) is 8.78 Å². The van der Waals surface area contributed by atoms with Crippen LogP contribution in [-0.4, -0.2) is 47.0 Å². The Morgan fingerprint density at radius 1 is 1.33 bits per heavy atom. The summed E-state index contributed by atoms with van der Waals surface area (Å²) < 4.78 is 28.0. The highest BCUT2D eigenvalue weighted by Gasteiger charge is 2.24. The van der Waals surface area contributed by atoms with Gasteiger partial charge in [0.15, 0.2) is 0 Å². The van der Waals surface area contributed by atoms with Gasteiger partial charge in [-0.2, -0.15) is 0 Å². The first kappa shape index (κ1) is 16.7. The van der Waals surface area contributed by atoms with E-state index in [1.165, 1.54) is 12.1 Å². The molecule has 1 heterocycles. The topological polar surface area (TPSA) is 32.5 Å². The summed E-state index contributed by atoms with van der Waals surface area (Å²) >= 11 is 8.09. The average molecular weight is 378 g/mol. The van der Waals surface area contributed by atoms with Gasteiger partial charge in [-0.05, 0) is 35.0 Å². The number of nitrogens with zero attached hydrogens (tertiary/aromatic N) is 2. The zero-order valence-corrected chi connectivity index (χ0v) is 14.2. The van der Waals surface area contributed by atoms with Gasteiger partial charge in [-0.25, -0.2) is 8.78 Å². The van der Waals surface area contributed by atoms with Crippen molar-refractivity contribution in [1.82, 2.24) is 9.80 Å². The largest absolute Gasteiger partial charge is 0.392 e. The molecule has 1 aliphatic heterocycles. The number of nitrogens with two attached hydrogens (primary N) is 1. The molecular formula is C14H18BrF2N3S. The quantitative estimate of drug-likeness (QED) is 0.645. The summed E-state index contributed by atoms with van der Waals surface area (Å²) in [7, 11) is 0. The van der Waals surface area contributed by atoms with E-state index in [4.69, 9.17) is 18.0 Å². The second-order valence-corrected chi connectivity index (χ2v) is 6.54. The van der Waals surface area contributed by atoms with Gasteiger partial charge >= 0.3 is 0 Å². The van der Waals surface area contributed by atoms with Gasteiger partial charge in [0.05, 0.1) is 15.5 Å². The summed E-state index contributed by atoms with van der Waals surface area (Å²) in [5.74, 6) is -1.02. The zero-order chi connectivity index (χ0) is 15.6. The minimum atomic E-state index is -0.520. The van der Waals surface area contributed by atoms with Crippen molar-refractivity contribution in [3.05, 3.63) is 33.8 Å². The molecule has 116 valence electrons. The Morgan fingerprint density at radius 3 is 2.52 bits per heavy atom. The van der Waals surface area contributed by atoms with E-state index in [9.17, 15) is 8.78 Å². The Balaban J connectivity index is 1.98. The third-order valence-electron chi connectivity index (χ3n) is 3.89. The van der Waals surface area contributed by atoms with Crippen LogP contribution >= 0.6 is 28.1 Å². The summed E-state index contributed by atoms with van der Waals surface area (Å²) in [4.78, 5) is 4.70. The van der Waals surface area contributed by atoms with E-state index in [0.717, 1.165) is 26.2 Å². The molecule has 3 nitrogen and oxygen atoms in total. The fourth-order valence-corrected chi connectivity index (χ4v) is 2.95. The number of halogens is 3. The second-order valence-electron chi connectivity index (χ2n) is 5.21. The van der Waals surface area contributed by atoms with Gasteiger partial charge in [0.2, 0.25) is 0 Å². The van der Waals surface area contributed by atoms with Gasteiger partial charge in [0.1, 0.15) is 11.6 Å². The molecule has 1 saturated heterocycles. The number of rotatable bonds is 4. The lowest BCUT2D eigenvalue weighted by molar-refractivity contribution is 0.116. The molecule has 1 aromatic rings. The summed E-state index contributed by atoms with van der Waals surface area (Å²) in [6.45, 7) is 5.29. The van der Waals surface area contributed by atoms with Crippen LogP contribution in [0.5, 0.6) is 0 Å². The van der Waals surface area contributed by atoms with Gasteiger partial charge in [0, 0.05) is 38.3 Å². The van der Waals surface area contributed by atoms with E-state index in [-0.39, 0.29) is 18.2 Å². The maximum atomic E-state index is 14.0. The molecular weight excluding hydrogens is 360 g/mol. The Morgan fingerprint density at radius 2 is 1.95 bits per heavy atom. The predicted octanol–water partition coefficient (Wildman–Crippen LogP) is 2.52. The minimum absolute atomic E-state index is 0.0569. The number of thiocarbonyl (C=S) groups is 1. The maximum absolute atomic E-state index is 14.0. The highest BCUT2D eigenvalue weighted by Crippen LogP contribution is 2.23. The Bertz CT molecular complexity index is 533. The van der Waals surface area contributed by atoms with E-state index < -0.39 is 11.6 Å². The summed E-state index contributed by atoms with van der Waals surface area (Å²) in [6, 6.07) is 2.73. The molecule has 0 saturated carbocycles. The molecule has 0 aromatic heterocycles. The number of piperazine rings is 1. The van der Waals surface area contributed by atoms with Crippen LogP contribution in [0.15, 0.2) is 16.6 Å². The van der Waals surface area contributed by atoms with Crippen LogP contribution in [-0.2, 0) is 6.54 Å². The van der Waals surface area contributed by atoms with Gasteiger partial charge in [-0.3, -0.25) is 9.80 Å². The molecule has 1 atom stereocenters. The van der Waals surface area contributed by atoms with Gasteiger partial charge < -0.3 is 5.73 Å². The van der Waals surface area contributed by atoms with Gasteiger partial charge in [0.25, 0.3) is 0 Å². The van der Waals surface area contributed by atoms with Gasteiger partial charge in [-0.15, -0.1) is 0 Å². The van der Waals surface area contributed by atoms with Gasteiger partial charge in [-0.1, -0.05) is 12.2 Å². The Kier molecular flexibility index (Phi) is 5.65. The normalized spacial score (nSPS) is 18.7. The average Bonchev–Trinajstić information content (AvgIpc) is 2.47. The van der Waals surface area contributed by atoms with E-state index in [0.29, 0.717) is 9.46 Å².